The van der Waals surface area contributed by atoms with Gasteiger partial charge in [-0.05, 0) is 29.8 Å². The fraction of sp³-hybridized carbons (Fsp3) is 0.222. The van der Waals surface area contributed by atoms with Crippen LogP contribution < -0.4 is 0 Å². The molecule has 0 bridgehead atoms. The van der Waals surface area contributed by atoms with E-state index in [1.54, 1.807) is 6.33 Å². The molecule has 0 spiro atoms. The van der Waals surface area contributed by atoms with Crippen molar-refractivity contribution in [2.24, 2.45) is 0 Å². The molecule has 1 aliphatic heterocycles. The van der Waals surface area contributed by atoms with Crippen LogP contribution in [0.3, 0.4) is 0 Å². The lowest BCUT2D eigenvalue weighted by Crippen LogP contribution is -2.52. The molecule has 3 aromatic rings. The molecule has 5 nitrogen and oxygen atoms in total. The van der Waals surface area contributed by atoms with Crippen molar-refractivity contribution in [3.8, 4) is 5.69 Å². The van der Waals surface area contributed by atoms with Crippen LogP contribution in [-0.4, -0.2) is 33.1 Å². The first-order chi connectivity index (χ1) is 11.7. The van der Waals surface area contributed by atoms with E-state index in [9.17, 15) is 5.11 Å². The van der Waals surface area contributed by atoms with Crippen LogP contribution in [0.4, 0.5) is 0 Å². The minimum absolute atomic E-state index is 0.451. The summed E-state index contributed by atoms with van der Waals surface area (Å²) in [7, 11) is 0. The number of halogens is 1. The Morgan fingerprint density at radius 3 is 2.58 bits per heavy atom. The number of rotatable bonds is 4. The smallest absolute Gasteiger partial charge is 0.167 e. The fourth-order valence-electron chi connectivity index (χ4n) is 3.07. The highest BCUT2D eigenvalue weighted by molar-refractivity contribution is 9.10. The van der Waals surface area contributed by atoms with Gasteiger partial charge in [-0.3, -0.25) is 4.57 Å². The van der Waals surface area contributed by atoms with E-state index in [0.717, 1.165) is 15.7 Å². The average Bonchev–Trinajstić information content (AvgIpc) is 3.04. The van der Waals surface area contributed by atoms with Crippen LogP contribution in [0.5, 0.6) is 0 Å². The van der Waals surface area contributed by atoms with E-state index in [2.05, 4.69) is 26.1 Å². The molecular weight excluding hydrogens is 370 g/mol. The number of hydrogen-bond acceptors (Lipinski definition) is 4. The summed E-state index contributed by atoms with van der Waals surface area (Å²) in [5.41, 5.74) is 1.43. The van der Waals surface area contributed by atoms with Crippen molar-refractivity contribution in [1.29, 1.82) is 0 Å². The van der Waals surface area contributed by atoms with Crippen molar-refractivity contribution >= 4 is 15.9 Å². The van der Waals surface area contributed by atoms with Crippen LogP contribution in [-0.2, 0) is 10.2 Å². The highest BCUT2D eigenvalue weighted by atomic mass is 79.9. The summed E-state index contributed by atoms with van der Waals surface area (Å²) >= 11 is 3.50. The van der Waals surface area contributed by atoms with Gasteiger partial charge in [-0.2, -0.15) is 0 Å². The predicted octanol–water partition coefficient (Wildman–Crippen LogP) is 3.03. The van der Waals surface area contributed by atoms with Crippen molar-refractivity contribution in [2.45, 2.75) is 11.5 Å². The molecule has 1 fully saturated rings. The van der Waals surface area contributed by atoms with Gasteiger partial charge in [-0.15, -0.1) is 10.2 Å². The molecule has 6 heteroatoms. The maximum atomic E-state index is 11.1. The summed E-state index contributed by atoms with van der Waals surface area (Å²) in [4.78, 5) is 0. The molecule has 0 amide bonds. The standard InChI is InChI=1S/C18H16BrN3O2/c19-14-6-4-5-13(9-14)18(10-24-11-18)16(23)17-21-20-12-22(17)15-7-2-1-3-8-15/h1-9,12,16,23H,10-11H2. The van der Waals surface area contributed by atoms with Crippen molar-refractivity contribution in [3.05, 3.63) is 76.8 Å². The monoisotopic (exact) mass is 385 g/mol. The number of ether oxygens (including phenoxy) is 1. The van der Waals surface area contributed by atoms with Crippen molar-refractivity contribution < 1.29 is 9.84 Å². The molecule has 1 atom stereocenters. The number of benzene rings is 2. The fourth-order valence-corrected chi connectivity index (χ4v) is 3.47. The Balaban J connectivity index is 1.76. The van der Waals surface area contributed by atoms with Crippen molar-refractivity contribution in [1.82, 2.24) is 14.8 Å². The first-order valence-electron chi connectivity index (χ1n) is 7.68. The summed E-state index contributed by atoms with van der Waals surface area (Å²) in [5, 5.41) is 19.3. The summed E-state index contributed by atoms with van der Waals surface area (Å²) < 4.78 is 8.26. The summed E-state index contributed by atoms with van der Waals surface area (Å²) in [6.45, 7) is 0.901. The molecule has 0 saturated carbocycles. The predicted molar refractivity (Wildman–Crippen MR) is 93.0 cm³/mol. The lowest BCUT2D eigenvalue weighted by Gasteiger charge is -2.44. The molecule has 1 saturated heterocycles. The van der Waals surface area contributed by atoms with E-state index in [-0.39, 0.29) is 0 Å². The van der Waals surface area contributed by atoms with Gasteiger partial charge >= 0.3 is 0 Å². The summed E-state index contributed by atoms with van der Waals surface area (Å²) in [5.74, 6) is 0.518. The van der Waals surface area contributed by atoms with E-state index in [1.807, 2.05) is 59.2 Å². The minimum atomic E-state index is -0.816. The van der Waals surface area contributed by atoms with Crippen LogP contribution in [0.15, 0.2) is 65.4 Å². The van der Waals surface area contributed by atoms with E-state index in [1.165, 1.54) is 0 Å². The second-order valence-electron chi connectivity index (χ2n) is 5.96. The Morgan fingerprint density at radius 1 is 1.12 bits per heavy atom. The second kappa shape index (κ2) is 6.12. The van der Waals surface area contributed by atoms with E-state index in [0.29, 0.717) is 19.0 Å². The number of aliphatic hydroxyl groups excluding tert-OH is 1. The Morgan fingerprint density at radius 2 is 1.92 bits per heavy atom. The maximum Gasteiger partial charge on any atom is 0.167 e. The minimum Gasteiger partial charge on any atom is -0.384 e. The van der Waals surface area contributed by atoms with Gasteiger partial charge in [0.25, 0.3) is 0 Å². The highest BCUT2D eigenvalue weighted by Gasteiger charge is 2.49. The number of aliphatic hydroxyl groups is 1. The van der Waals surface area contributed by atoms with Gasteiger partial charge < -0.3 is 9.84 Å². The molecule has 0 aliphatic carbocycles. The van der Waals surface area contributed by atoms with Crippen LogP contribution in [0.25, 0.3) is 5.69 Å². The Bertz CT molecular complexity index is 846. The second-order valence-corrected chi connectivity index (χ2v) is 6.87. The molecule has 4 rings (SSSR count). The third-order valence-corrected chi connectivity index (χ3v) is 4.99. The summed E-state index contributed by atoms with van der Waals surface area (Å²) in [6, 6.07) is 17.7. The van der Waals surface area contributed by atoms with Crippen LogP contribution in [0, 0.1) is 0 Å². The Labute approximate surface area is 148 Å². The van der Waals surface area contributed by atoms with Gasteiger partial charge in [0.2, 0.25) is 0 Å². The third-order valence-electron chi connectivity index (χ3n) is 4.50. The SMILES string of the molecule is OC(c1nncn1-c1ccccc1)C1(c2cccc(Br)c2)COC1. The number of para-hydroxylation sites is 1. The molecule has 1 unspecified atom stereocenters. The zero-order valence-corrected chi connectivity index (χ0v) is 14.4. The molecule has 24 heavy (non-hydrogen) atoms. The van der Waals surface area contributed by atoms with Crippen LogP contribution in [0.2, 0.25) is 0 Å². The lowest BCUT2D eigenvalue weighted by molar-refractivity contribution is -0.124. The molecule has 1 N–H and O–H groups in total. The van der Waals surface area contributed by atoms with Gasteiger partial charge in [0.1, 0.15) is 12.4 Å². The third kappa shape index (κ3) is 2.47. The van der Waals surface area contributed by atoms with Crippen LogP contribution >= 0.6 is 15.9 Å². The number of aromatic nitrogens is 3. The molecular formula is C18H16BrN3O2. The number of hydrogen-bond donors (Lipinski definition) is 1. The first-order valence-corrected chi connectivity index (χ1v) is 8.47. The highest BCUT2D eigenvalue weighted by Crippen LogP contribution is 2.43. The van der Waals surface area contributed by atoms with Crippen molar-refractivity contribution in [2.75, 3.05) is 13.2 Å². The molecule has 1 aliphatic rings. The molecule has 2 heterocycles. The zero-order chi connectivity index (χ0) is 16.6. The van der Waals surface area contributed by atoms with Crippen LogP contribution in [0.1, 0.15) is 17.5 Å². The first kappa shape index (κ1) is 15.5. The zero-order valence-electron chi connectivity index (χ0n) is 12.8. The van der Waals surface area contributed by atoms with E-state index >= 15 is 0 Å². The van der Waals surface area contributed by atoms with Gasteiger partial charge in [-0.1, -0.05) is 46.3 Å². The molecule has 0 radical (unpaired) electrons. The molecule has 1 aromatic heterocycles. The topological polar surface area (TPSA) is 60.2 Å². The van der Waals surface area contributed by atoms with Gasteiger partial charge in [0, 0.05) is 10.2 Å². The lowest BCUT2D eigenvalue weighted by atomic mass is 9.73. The average molecular weight is 386 g/mol. The Kier molecular flexibility index (Phi) is 3.96. The van der Waals surface area contributed by atoms with Gasteiger partial charge in [-0.25, -0.2) is 0 Å². The molecule has 122 valence electrons. The normalized spacial score (nSPS) is 17.2. The Hall–Kier alpha value is -2.02. The summed E-state index contributed by atoms with van der Waals surface area (Å²) in [6.07, 6.45) is 0.811. The van der Waals surface area contributed by atoms with E-state index in [4.69, 9.17) is 4.74 Å². The maximum absolute atomic E-state index is 11.1. The van der Waals surface area contributed by atoms with Gasteiger partial charge in [0.05, 0.1) is 18.6 Å². The largest absolute Gasteiger partial charge is 0.384 e. The van der Waals surface area contributed by atoms with E-state index < -0.39 is 11.5 Å². The quantitative estimate of drug-likeness (QED) is 0.749. The number of nitrogens with zero attached hydrogens (tertiary/aromatic N) is 3. The van der Waals surface area contributed by atoms with Gasteiger partial charge in [0.15, 0.2) is 5.82 Å². The molecule has 2 aromatic carbocycles. The van der Waals surface area contributed by atoms with Crippen molar-refractivity contribution in [3.63, 3.8) is 0 Å².